The van der Waals surface area contributed by atoms with Crippen molar-refractivity contribution in [3.05, 3.63) is 47.8 Å². The lowest BCUT2D eigenvalue weighted by Crippen LogP contribution is -2.28. The molecule has 0 unspecified atom stereocenters. The van der Waals surface area contributed by atoms with Gasteiger partial charge in [-0.2, -0.15) is 0 Å². The van der Waals surface area contributed by atoms with Crippen LogP contribution in [0.3, 0.4) is 0 Å². The molecule has 1 aliphatic carbocycles. The average molecular weight is 218 g/mol. The maximum Gasteiger partial charge on any atom is 0.147 e. The molecule has 0 bridgehead atoms. The van der Waals surface area contributed by atoms with Gasteiger partial charge in [-0.15, -0.1) is 0 Å². The molecule has 1 nitrogen and oxygen atoms in total. The standard InChI is InChI=1S/C14H15FO/c1-2-8-14(9-4-7-13(14)16)11-5-3-6-12(15)10-11/h2-3,5-6,8,10H,4,7,9H2,1H3/b8-2+/t14-/m1/s1. The fourth-order valence-electron chi connectivity index (χ4n) is 2.52. The quantitative estimate of drug-likeness (QED) is 0.695. The number of hydrogen-bond acceptors (Lipinski definition) is 1. The van der Waals surface area contributed by atoms with Crippen LogP contribution in [-0.2, 0) is 10.2 Å². The van der Waals surface area contributed by atoms with E-state index in [1.165, 1.54) is 12.1 Å². The Morgan fingerprint density at radius 1 is 1.44 bits per heavy atom. The normalized spacial score (nSPS) is 25.5. The second-order valence-electron chi connectivity index (χ2n) is 4.26. The number of carbonyl (C=O) groups is 1. The summed E-state index contributed by atoms with van der Waals surface area (Å²) in [5.41, 5.74) is 0.213. The summed E-state index contributed by atoms with van der Waals surface area (Å²) in [6.07, 6.45) is 6.07. The first-order valence-electron chi connectivity index (χ1n) is 5.62. The van der Waals surface area contributed by atoms with Crippen LogP contribution in [0.2, 0.25) is 0 Å². The van der Waals surface area contributed by atoms with Gasteiger partial charge in [0.05, 0.1) is 5.41 Å². The molecule has 0 amide bonds. The third kappa shape index (κ3) is 1.69. The second-order valence-corrected chi connectivity index (χ2v) is 4.26. The zero-order valence-corrected chi connectivity index (χ0v) is 9.37. The van der Waals surface area contributed by atoms with E-state index in [4.69, 9.17) is 0 Å². The third-order valence-corrected chi connectivity index (χ3v) is 3.26. The summed E-state index contributed by atoms with van der Waals surface area (Å²) in [6, 6.07) is 6.39. The van der Waals surface area contributed by atoms with Gasteiger partial charge in [0.1, 0.15) is 11.6 Å². The summed E-state index contributed by atoms with van der Waals surface area (Å²) in [7, 11) is 0. The van der Waals surface area contributed by atoms with Crippen LogP contribution in [0.15, 0.2) is 36.4 Å². The number of halogens is 1. The lowest BCUT2D eigenvalue weighted by molar-refractivity contribution is -0.120. The monoisotopic (exact) mass is 218 g/mol. The highest BCUT2D eigenvalue weighted by Gasteiger charge is 2.41. The highest BCUT2D eigenvalue weighted by molar-refractivity contribution is 5.94. The van der Waals surface area contributed by atoms with Gasteiger partial charge in [0.2, 0.25) is 0 Å². The summed E-state index contributed by atoms with van der Waals surface area (Å²) in [5.74, 6) is -0.0720. The Bertz CT molecular complexity index is 436. The molecule has 16 heavy (non-hydrogen) atoms. The molecule has 1 fully saturated rings. The molecule has 1 aliphatic rings. The van der Waals surface area contributed by atoms with Gasteiger partial charge in [0.25, 0.3) is 0 Å². The first kappa shape index (κ1) is 11.1. The molecular formula is C14H15FO. The van der Waals surface area contributed by atoms with E-state index in [0.717, 1.165) is 18.4 Å². The Morgan fingerprint density at radius 3 is 2.81 bits per heavy atom. The van der Waals surface area contributed by atoms with Gasteiger partial charge >= 0.3 is 0 Å². The second kappa shape index (κ2) is 4.20. The van der Waals surface area contributed by atoms with E-state index in [2.05, 4.69) is 0 Å². The smallest absolute Gasteiger partial charge is 0.147 e. The van der Waals surface area contributed by atoms with E-state index in [0.29, 0.717) is 6.42 Å². The van der Waals surface area contributed by atoms with Gasteiger partial charge in [-0.1, -0.05) is 24.3 Å². The maximum atomic E-state index is 13.2. The number of carbonyl (C=O) groups excluding carboxylic acids is 1. The third-order valence-electron chi connectivity index (χ3n) is 3.26. The number of hydrogen-bond donors (Lipinski definition) is 0. The number of benzene rings is 1. The van der Waals surface area contributed by atoms with E-state index < -0.39 is 5.41 Å². The van der Waals surface area contributed by atoms with Crippen LogP contribution in [-0.4, -0.2) is 5.78 Å². The number of rotatable bonds is 2. The SMILES string of the molecule is C/C=C/[C@]1(c2cccc(F)c2)CCCC1=O. The molecule has 0 aromatic heterocycles. The minimum Gasteiger partial charge on any atom is -0.298 e. The molecular weight excluding hydrogens is 203 g/mol. The molecule has 0 aliphatic heterocycles. The summed E-state index contributed by atoms with van der Waals surface area (Å²) >= 11 is 0. The zero-order valence-electron chi connectivity index (χ0n) is 9.37. The molecule has 2 heteroatoms. The Hall–Kier alpha value is -1.44. The van der Waals surface area contributed by atoms with Crippen LogP contribution in [0.5, 0.6) is 0 Å². The van der Waals surface area contributed by atoms with Gasteiger partial charge in [0, 0.05) is 6.42 Å². The van der Waals surface area contributed by atoms with Crippen LogP contribution in [0, 0.1) is 5.82 Å². The molecule has 0 heterocycles. The molecule has 1 atom stereocenters. The van der Waals surface area contributed by atoms with Gasteiger partial charge < -0.3 is 0 Å². The van der Waals surface area contributed by atoms with Crippen LogP contribution in [0.25, 0.3) is 0 Å². The summed E-state index contributed by atoms with van der Waals surface area (Å²) in [4.78, 5) is 12.0. The lowest BCUT2D eigenvalue weighted by Gasteiger charge is -2.24. The Balaban J connectivity index is 2.52. The van der Waals surface area contributed by atoms with Crippen molar-refractivity contribution in [2.24, 2.45) is 0 Å². The molecule has 1 aromatic carbocycles. The molecule has 1 aromatic rings. The predicted molar refractivity (Wildman–Crippen MR) is 61.8 cm³/mol. The van der Waals surface area contributed by atoms with Crippen LogP contribution in [0.4, 0.5) is 4.39 Å². The van der Waals surface area contributed by atoms with Crippen LogP contribution >= 0.6 is 0 Å². The molecule has 2 rings (SSSR count). The first-order valence-corrected chi connectivity index (χ1v) is 5.62. The minimum atomic E-state index is -0.573. The van der Waals surface area contributed by atoms with E-state index in [1.807, 2.05) is 25.1 Å². The Kier molecular flexibility index (Phi) is 2.90. The van der Waals surface area contributed by atoms with Crippen molar-refractivity contribution in [1.29, 1.82) is 0 Å². The van der Waals surface area contributed by atoms with Crippen molar-refractivity contribution in [3.63, 3.8) is 0 Å². The van der Waals surface area contributed by atoms with E-state index >= 15 is 0 Å². The Morgan fingerprint density at radius 2 is 2.25 bits per heavy atom. The van der Waals surface area contributed by atoms with Crippen molar-refractivity contribution in [2.75, 3.05) is 0 Å². The fraction of sp³-hybridized carbons (Fsp3) is 0.357. The summed E-state index contributed by atoms with van der Waals surface area (Å²) < 4.78 is 13.2. The van der Waals surface area contributed by atoms with Gasteiger partial charge in [-0.3, -0.25) is 4.79 Å². The molecule has 84 valence electrons. The van der Waals surface area contributed by atoms with Crippen molar-refractivity contribution < 1.29 is 9.18 Å². The van der Waals surface area contributed by atoms with E-state index in [-0.39, 0.29) is 11.6 Å². The lowest BCUT2D eigenvalue weighted by atomic mass is 9.78. The largest absolute Gasteiger partial charge is 0.298 e. The van der Waals surface area contributed by atoms with Gasteiger partial charge in [0.15, 0.2) is 0 Å². The first-order chi connectivity index (χ1) is 7.69. The molecule has 1 saturated carbocycles. The topological polar surface area (TPSA) is 17.1 Å². The molecule has 0 saturated heterocycles. The summed E-state index contributed by atoms with van der Waals surface area (Å²) in [5, 5.41) is 0. The van der Waals surface area contributed by atoms with Crippen LogP contribution in [0.1, 0.15) is 31.7 Å². The maximum absolute atomic E-state index is 13.2. The van der Waals surface area contributed by atoms with Crippen LogP contribution < -0.4 is 0 Å². The highest BCUT2D eigenvalue weighted by atomic mass is 19.1. The van der Waals surface area contributed by atoms with E-state index in [9.17, 15) is 9.18 Å². The number of ketones is 1. The number of Topliss-reactive ketones (excluding diaryl/α,β-unsaturated/α-hetero) is 1. The Labute approximate surface area is 95.0 Å². The van der Waals surface area contributed by atoms with Crippen molar-refractivity contribution in [3.8, 4) is 0 Å². The average Bonchev–Trinajstić information content (AvgIpc) is 2.62. The predicted octanol–water partition coefficient (Wildman–Crippen LogP) is 3.39. The molecule has 0 spiro atoms. The van der Waals surface area contributed by atoms with Gasteiger partial charge in [-0.05, 0) is 37.5 Å². The van der Waals surface area contributed by atoms with Crippen molar-refractivity contribution in [1.82, 2.24) is 0 Å². The van der Waals surface area contributed by atoms with E-state index in [1.54, 1.807) is 6.07 Å². The van der Waals surface area contributed by atoms with Gasteiger partial charge in [-0.25, -0.2) is 4.39 Å². The zero-order chi connectivity index (χ0) is 11.6. The van der Waals surface area contributed by atoms with Crippen molar-refractivity contribution >= 4 is 5.78 Å². The molecule has 0 radical (unpaired) electrons. The number of allylic oxidation sites excluding steroid dienone is 2. The minimum absolute atomic E-state index is 0.205. The highest BCUT2D eigenvalue weighted by Crippen LogP contribution is 2.39. The van der Waals surface area contributed by atoms with Crippen molar-refractivity contribution in [2.45, 2.75) is 31.6 Å². The molecule has 0 N–H and O–H groups in total. The summed E-state index contributed by atoms with van der Waals surface area (Å²) in [6.45, 7) is 1.90. The fourth-order valence-corrected chi connectivity index (χ4v) is 2.52.